The van der Waals surface area contributed by atoms with Gasteiger partial charge in [-0.05, 0) is 30.7 Å². The van der Waals surface area contributed by atoms with Crippen molar-refractivity contribution < 1.29 is 4.74 Å². The minimum absolute atomic E-state index is 0.778. The topological polar surface area (TPSA) is 12.5 Å². The Morgan fingerprint density at radius 3 is 3.25 bits per heavy atom. The maximum absolute atomic E-state index is 5.48. The second-order valence-corrected chi connectivity index (χ2v) is 3.14. The van der Waals surface area contributed by atoms with Crippen molar-refractivity contribution in [3.05, 3.63) is 23.8 Å². The van der Waals surface area contributed by atoms with Crippen molar-refractivity contribution >= 4 is 5.69 Å². The van der Waals surface area contributed by atoms with Crippen LogP contribution in [-0.2, 0) is 0 Å². The van der Waals surface area contributed by atoms with E-state index < -0.39 is 0 Å². The second-order valence-electron chi connectivity index (χ2n) is 3.14. The number of hydrogen-bond acceptors (Lipinski definition) is 2. The van der Waals surface area contributed by atoms with Crippen molar-refractivity contribution in [2.45, 2.75) is 6.92 Å². The summed E-state index contributed by atoms with van der Waals surface area (Å²) in [5.74, 6) is 0.953. The Hall–Kier alpha value is -1.18. The maximum atomic E-state index is 5.48. The average Bonchev–Trinajstić information content (AvgIpc) is 2.07. The molecule has 0 unspecified atom stereocenters. The summed E-state index contributed by atoms with van der Waals surface area (Å²) in [5, 5.41) is 0. The second kappa shape index (κ2) is 2.70. The van der Waals surface area contributed by atoms with E-state index in [0.717, 1.165) is 24.5 Å². The van der Waals surface area contributed by atoms with Gasteiger partial charge in [0.05, 0.1) is 12.2 Å². The van der Waals surface area contributed by atoms with Crippen molar-refractivity contribution in [3.63, 3.8) is 0 Å². The van der Waals surface area contributed by atoms with E-state index in [9.17, 15) is 0 Å². The molecule has 0 amide bonds. The normalized spacial score (nSPS) is 15.3. The van der Waals surface area contributed by atoms with Crippen LogP contribution in [0.4, 0.5) is 5.69 Å². The largest absolute Gasteiger partial charge is 0.490 e. The van der Waals surface area contributed by atoms with Crippen molar-refractivity contribution in [3.8, 4) is 5.75 Å². The first kappa shape index (κ1) is 7.47. The van der Waals surface area contributed by atoms with Gasteiger partial charge in [0.1, 0.15) is 12.4 Å². The summed E-state index contributed by atoms with van der Waals surface area (Å²) in [5.41, 5.74) is 2.34. The van der Waals surface area contributed by atoms with Gasteiger partial charge in [-0.25, -0.2) is 0 Å². The number of benzene rings is 1. The summed E-state index contributed by atoms with van der Waals surface area (Å²) in [6.07, 6.45) is 0. The highest BCUT2D eigenvalue weighted by molar-refractivity contribution is 5.60. The van der Waals surface area contributed by atoms with Crippen molar-refractivity contribution in [2.24, 2.45) is 0 Å². The van der Waals surface area contributed by atoms with E-state index in [-0.39, 0.29) is 0 Å². The summed E-state index contributed by atoms with van der Waals surface area (Å²) in [7, 11) is 2.08. The number of likely N-dealkylation sites (N-methyl/N-ethyl adjacent to an activating group) is 1. The molecule has 2 rings (SSSR count). The molecule has 0 spiro atoms. The Bertz CT molecular complexity index is 296. The van der Waals surface area contributed by atoms with Gasteiger partial charge in [0.2, 0.25) is 0 Å². The molecular weight excluding hydrogens is 150 g/mol. The fourth-order valence-electron chi connectivity index (χ4n) is 1.40. The lowest BCUT2D eigenvalue weighted by atomic mass is 10.2. The van der Waals surface area contributed by atoms with Crippen LogP contribution in [0.25, 0.3) is 0 Å². The third-order valence-electron chi connectivity index (χ3n) is 2.13. The Morgan fingerprint density at radius 1 is 1.58 bits per heavy atom. The van der Waals surface area contributed by atoms with E-state index in [4.69, 9.17) is 4.74 Å². The molecule has 63 valence electrons. The van der Waals surface area contributed by atoms with Crippen LogP contribution in [0.5, 0.6) is 5.75 Å². The molecule has 0 aliphatic carbocycles. The van der Waals surface area contributed by atoms with E-state index in [1.807, 2.05) is 13.0 Å². The van der Waals surface area contributed by atoms with E-state index in [2.05, 4.69) is 24.1 Å². The molecule has 1 heterocycles. The molecule has 1 aromatic rings. The highest BCUT2D eigenvalue weighted by Gasteiger charge is 2.13. The standard InChI is InChI=1S/C10H12NO/c1-8-3-4-10-9(7-8)11(2)5-6-12-10/h4,7H,5-6H2,1-2H3. The fraction of sp³-hybridized carbons (Fsp3) is 0.400. The van der Waals surface area contributed by atoms with Crippen LogP contribution in [0, 0.1) is 13.0 Å². The molecule has 0 aromatic heterocycles. The number of fused-ring (bicyclic) bond motifs is 1. The van der Waals surface area contributed by atoms with Crippen LogP contribution in [0.1, 0.15) is 5.56 Å². The summed E-state index contributed by atoms with van der Waals surface area (Å²) >= 11 is 0. The van der Waals surface area contributed by atoms with Crippen molar-refractivity contribution in [2.75, 3.05) is 25.1 Å². The van der Waals surface area contributed by atoms with Crippen LogP contribution in [-0.4, -0.2) is 20.2 Å². The van der Waals surface area contributed by atoms with Gasteiger partial charge in [0.15, 0.2) is 0 Å². The first-order valence-electron chi connectivity index (χ1n) is 4.13. The minimum atomic E-state index is 0.778. The van der Waals surface area contributed by atoms with Gasteiger partial charge in [-0.3, -0.25) is 0 Å². The zero-order chi connectivity index (χ0) is 8.55. The van der Waals surface area contributed by atoms with Gasteiger partial charge in [-0.2, -0.15) is 0 Å². The van der Waals surface area contributed by atoms with Crippen LogP contribution in [0.3, 0.4) is 0 Å². The summed E-state index contributed by atoms with van der Waals surface area (Å²) in [4.78, 5) is 2.21. The first-order chi connectivity index (χ1) is 5.77. The Labute approximate surface area is 72.8 Å². The smallest absolute Gasteiger partial charge is 0.143 e. The van der Waals surface area contributed by atoms with Gasteiger partial charge in [0.25, 0.3) is 0 Å². The molecular formula is C10H12NO. The lowest BCUT2D eigenvalue weighted by molar-refractivity contribution is 0.311. The molecule has 0 saturated heterocycles. The van der Waals surface area contributed by atoms with Crippen LogP contribution in [0.15, 0.2) is 12.1 Å². The van der Waals surface area contributed by atoms with Crippen LogP contribution >= 0.6 is 0 Å². The molecule has 0 N–H and O–H groups in total. The molecule has 0 atom stereocenters. The minimum Gasteiger partial charge on any atom is -0.490 e. The van der Waals surface area contributed by atoms with Gasteiger partial charge < -0.3 is 9.64 Å². The van der Waals surface area contributed by atoms with E-state index in [1.54, 1.807) is 0 Å². The zero-order valence-corrected chi connectivity index (χ0v) is 7.42. The lowest BCUT2D eigenvalue weighted by Gasteiger charge is -2.27. The third kappa shape index (κ3) is 1.13. The molecule has 0 bridgehead atoms. The first-order valence-corrected chi connectivity index (χ1v) is 4.13. The molecule has 12 heavy (non-hydrogen) atoms. The Balaban J connectivity index is 2.47. The predicted octanol–water partition coefficient (Wildman–Crippen LogP) is 1.62. The predicted molar refractivity (Wildman–Crippen MR) is 48.8 cm³/mol. The van der Waals surface area contributed by atoms with Crippen molar-refractivity contribution in [1.82, 2.24) is 0 Å². The Morgan fingerprint density at radius 2 is 2.42 bits per heavy atom. The van der Waals surface area contributed by atoms with Gasteiger partial charge in [-0.15, -0.1) is 0 Å². The van der Waals surface area contributed by atoms with Gasteiger partial charge in [0, 0.05) is 7.05 Å². The average molecular weight is 162 g/mol. The van der Waals surface area contributed by atoms with Gasteiger partial charge >= 0.3 is 0 Å². The maximum Gasteiger partial charge on any atom is 0.143 e. The lowest BCUT2D eigenvalue weighted by Crippen LogP contribution is -2.28. The number of anilines is 1. The number of nitrogens with zero attached hydrogens (tertiary/aromatic N) is 1. The fourth-order valence-corrected chi connectivity index (χ4v) is 1.40. The highest BCUT2D eigenvalue weighted by Crippen LogP contribution is 2.30. The van der Waals surface area contributed by atoms with Crippen molar-refractivity contribution in [1.29, 1.82) is 0 Å². The summed E-state index contributed by atoms with van der Waals surface area (Å²) < 4.78 is 5.48. The van der Waals surface area contributed by atoms with Crippen LogP contribution in [0.2, 0.25) is 0 Å². The molecule has 1 aliphatic rings. The molecule has 1 aromatic carbocycles. The highest BCUT2D eigenvalue weighted by atomic mass is 16.5. The quantitative estimate of drug-likeness (QED) is 0.575. The molecule has 1 aliphatic heterocycles. The molecule has 2 heteroatoms. The number of ether oxygens (including phenoxy) is 1. The monoisotopic (exact) mass is 162 g/mol. The zero-order valence-electron chi connectivity index (χ0n) is 7.42. The number of rotatable bonds is 0. The molecule has 0 fully saturated rings. The van der Waals surface area contributed by atoms with Gasteiger partial charge in [-0.1, -0.05) is 0 Å². The molecule has 0 saturated carbocycles. The third-order valence-corrected chi connectivity index (χ3v) is 2.13. The molecule has 2 nitrogen and oxygen atoms in total. The van der Waals surface area contributed by atoms with Crippen LogP contribution < -0.4 is 9.64 Å². The van der Waals surface area contributed by atoms with E-state index in [1.165, 1.54) is 5.69 Å². The van der Waals surface area contributed by atoms with E-state index in [0.29, 0.717) is 0 Å². The summed E-state index contributed by atoms with van der Waals surface area (Å²) in [6, 6.07) is 7.15. The molecule has 1 radical (unpaired) electrons. The number of aryl methyl sites for hydroxylation is 1. The summed E-state index contributed by atoms with van der Waals surface area (Å²) in [6.45, 7) is 3.79. The van der Waals surface area contributed by atoms with E-state index >= 15 is 0 Å². The Kier molecular flexibility index (Phi) is 1.68. The SMILES string of the molecule is Cc1[c]cc2c(c1)N(C)CCO2. The number of hydrogen-bond donors (Lipinski definition) is 0.